The van der Waals surface area contributed by atoms with Gasteiger partial charge in [-0.25, -0.2) is 4.79 Å². The zero-order valence-electron chi connectivity index (χ0n) is 8.50. The van der Waals surface area contributed by atoms with E-state index in [0.29, 0.717) is 10.7 Å². The average molecular weight is 260 g/mol. The number of aliphatic carboxylic acids is 1. The van der Waals surface area contributed by atoms with Crippen LogP contribution in [-0.2, 0) is 9.59 Å². The molecule has 0 spiro atoms. The summed E-state index contributed by atoms with van der Waals surface area (Å²) in [5.41, 5.74) is 0.330. The lowest BCUT2D eigenvalue weighted by atomic mass is 10.2. The van der Waals surface area contributed by atoms with E-state index in [9.17, 15) is 14.7 Å². The topological polar surface area (TPSA) is 107 Å². The zero-order valence-corrected chi connectivity index (χ0v) is 9.26. The van der Waals surface area contributed by atoms with E-state index in [-0.39, 0.29) is 0 Å². The third kappa shape index (κ3) is 3.70. The fourth-order valence-electron chi connectivity index (χ4n) is 1.03. The number of benzene rings is 1. The Hall–Kier alpha value is -1.63. The van der Waals surface area contributed by atoms with Gasteiger partial charge in [-0.1, -0.05) is 11.6 Å². The van der Waals surface area contributed by atoms with Crippen LogP contribution in [0.3, 0.4) is 0 Å². The number of aliphatic hydroxyl groups excluding tert-OH is 2. The van der Waals surface area contributed by atoms with Crippen molar-refractivity contribution in [2.75, 3.05) is 5.32 Å². The van der Waals surface area contributed by atoms with Crippen LogP contribution in [-0.4, -0.2) is 39.4 Å². The number of anilines is 1. The van der Waals surface area contributed by atoms with Gasteiger partial charge in [-0.05, 0) is 24.3 Å². The molecule has 92 valence electrons. The summed E-state index contributed by atoms with van der Waals surface area (Å²) >= 11 is 5.62. The summed E-state index contributed by atoms with van der Waals surface area (Å²) in [6.45, 7) is 0. The minimum absolute atomic E-state index is 0.330. The summed E-state index contributed by atoms with van der Waals surface area (Å²) in [6.07, 6.45) is -4.20. The molecule has 0 radical (unpaired) electrons. The van der Waals surface area contributed by atoms with Crippen molar-refractivity contribution < 1.29 is 24.9 Å². The fourth-order valence-corrected chi connectivity index (χ4v) is 1.15. The number of aliphatic hydroxyl groups is 2. The molecule has 4 N–H and O–H groups in total. The van der Waals surface area contributed by atoms with Gasteiger partial charge in [0.05, 0.1) is 0 Å². The molecule has 2 atom stereocenters. The van der Waals surface area contributed by atoms with E-state index in [2.05, 4.69) is 5.32 Å². The number of carboxylic acids is 1. The van der Waals surface area contributed by atoms with Crippen LogP contribution in [0.15, 0.2) is 24.3 Å². The molecule has 0 fully saturated rings. The average Bonchev–Trinajstić information content (AvgIpc) is 2.30. The van der Waals surface area contributed by atoms with Crippen molar-refractivity contribution in [2.24, 2.45) is 0 Å². The molecule has 1 amide bonds. The first-order valence-corrected chi connectivity index (χ1v) is 4.95. The largest absolute Gasteiger partial charge is 0.479 e. The molecule has 1 rings (SSSR count). The standard InChI is InChI=1S/C10H10ClNO5/c11-5-1-3-6(4-2-5)12-9(15)7(13)8(14)10(16)17/h1-4,7-8,13-14H,(H,12,15)(H,16,17)/t7-,8+/m0/s1. The van der Waals surface area contributed by atoms with E-state index < -0.39 is 24.1 Å². The Kier molecular flexibility index (Phi) is 4.45. The highest BCUT2D eigenvalue weighted by molar-refractivity contribution is 6.30. The molecular formula is C10H10ClNO5. The molecule has 0 aliphatic heterocycles. The second-order valence-electron chi connectivity index (χ2n) is 3.22. The van der Waals surface area contributed by atoms with Gasteiger partial charge in [-0.3, -0.25) is 4.79 Å². The van der Waals surface area contributed by atoms with Crippen LogP contribution in [0.1, 0.15) is 0 Å². The predicted octanol–water partition coefficient (Wildman–Crippen LogP) is 0.0849. The van der Waals surface area contributed by atoms with Gasteiger partial charge in [0.2, 0.25) is 0 Å². The van der Waals surface area contributed by atoms with Gasteiger partial charge in [0.1, 0.15) is 0 Å². The maximum Gasteiger partial charge on any atom is 0.335 e. The van der Waals surface area contributed by atoms with Crippen LogP contribution < -0.4 is 5.32 Å². The van der Waals surface area contributed by atoms with Gasteiger partial charge in [0, 0.05) is 10.7 Å². The van der Waals surface area contributed by atoms with E-state index in [1.54, 1.807) is 0 Å². The highest BCUT2D eigenvalue weighted by Gasteiger charge is 2.29. The molecule has 1 aromatic rings. The van der Waals surface area contributed by atoms with Crippen LogP contribution in [0.5, 0.6) is 0 Å². The maximum absolute atomic E-state index is 11.3. The lowest BCUT2D eigenvalue weighted by Gasteiger charge is -2.13. The number of amides is 1. The normalized spacial score (nSPS) is 13.8. The maximum atomic E-state index is 11.3. The highest BCUT2D eigenvalue weighted by Crippen LogP contribution is 2.13. The van der Waals surface area contributed by atoms with E-state index >= 15 is 0 Å². The summed E-state index contributed by atoms with van der Waals surface area (Å²) in [5, 5.41) is 29.3. The van der Waals surface area contributed by atoms with Crippen LogP contribution in [0.2, 0.25) is 5.02 Å². The molecule has 0 saturated carbocycles. The predicted molar refractivity (Wildman–Crippen MR) is 59.7 cm³/mol. The van der Waals surface area contributed by atoms with Gasteiger partial charge < -0.3 is 20.6 Å². The molecule has 1 aromatic carbocycles. The quantitative estimate of drug-likeness (QED) is 0.613. The summed E-state index contributed by atoms with van der Waals surface area (Å²) in [7, 11) is 0. The Bertz CT molecular complexity index is 419. The van der Waals surface area contributed by atoms with E-state index in [0.717, 1.165) is 0 Å². The smallest absolute Gasteiger partial charge is 0.335 e. The third-order valence-corrected chi connectivity index (χ3v) is 2.18. The van der Waals surface area contributed by atoms with Gasteiger partial charge in [0.15, 0.2) is 12.2 Å². The van der Waals surface area contributed by atoms with Gasteiger partial charge in [-0.2, -0.15) is 0 Å². The third-order valence-electron chi connectivity index (χ3n) is 1.93. The van der Waals surface area contributed by atoms with Crippen molar-refractivity contribution in [3.8, 4) is 0 Å². The zero-order chi connectivity index (χ0) is 13.0. The van der Waals surface area contributed by atoms with Crippen molar-refractivity contribution in [2.45, 2.75) is 12.2 Å². The Morgan fingerprint density at radius 2 is 1.65 bits per heavy atom. The molecule has 0 aromatic heterocycles. The molecular weight excluding hydrogens is 250 g/mol. The molecule has 0 saturated heterocycles. The van der Waals surface area contributed by atoms with Crippen molar-refractivity contribution in [3.63, 3.8) is 0 Å². The first-order chi connectivity index (χ1) is 7.91. The number of halogens is 1. The SMILES string of the molecule is O=C(Nc1ccc(Cl)cc1)[C@@H](O)[C@@H](O)C(=O)O. The lowest BCUT2D eigenvalue weighted by molar-refractivity contribution is -0.156. The summed E-state index contributed by atoms with van der Waals surface area (Å²) < 4.78 is 0. The number of carboxylic acid groups (broad SMARTS) is 1. The summed E-state index contributed by atoms with van der Waals surface area (Å²) in [4.78, 5) is 21.7. The Morgan fingerprint density at radius 1 is 1.12 bits per heavy atom. The first-order valence-electron chi connectivity index (χ1n) is 4.57. The molecule has 0 bridgehead atoms. The van der Waals surface area contributed by atoms with Crippen LogP contribution in [0, 0.1) is 0 Å². The lowest BCUT2D eigenvalue weighted by Crippen LogP contribution is -2.42. The van der Waals surface area contributed by atoms with Crippen molar-refractivity contribution in [1.82, 2.24) is 0 Å². The van der Waals surface area contributed by atoms with E-state index in [1.807, 2.05) is 0 Å². The van der Waals surface area contributed by atoms with E-state index in [1.165, 1.54) is 24.3 Å². The number of carbonyl (C=O) groups excluding carboxylic acids is 1. The van der Waals surface area contributed by atoms with Gasteiger partial charge >= 0.3 is 5.97 Å². The number of hydrogen-bond donors (Lipinski definition) is 4. The van der Waals surface area contributed by atoms with Crippen molar-refractivity contribution in [3.05, 3.63) is 29.3 Å². The number of rotatable bonds is 4. The number of carbonyl (C=O) groups is 2. The molecule has 0 unspecified atom stereocenters. The van der Waals surface area contributed by atoms with Crippen LogP contribution in [0.25, 0.3) is 0 Å². The van der Waals surface area contributed by atoms with Crippen molar-refractivity contribution in [1.29, 1.82) is 0 Å². The van der Waals surface area contributed by atoms with E-state index in [4.69, 9.17) is 21.8 Å². The molecule has 0 heterocycles. The molecule has 7 heteroatoms. The Labute approximate surface area is 101 Å². The molecule has 0 aliphatic rings. The number of hydrogen-bond acceptors (Lipinski definition) is 4. The van der Waals surface area contributed by atoms with Crippen LogP contribution in [0.4, 0.5) is 5.69 Å². The summed E-state index contributed by atoms with van der Waals surface area (Å²) in [6, 6.07) is 5.97. The van der Waals surface area contributed by atoms with Gasteiger partial charge in [-0.15, -0.1) is 0 Å². The fraction of sp³-hybridized carbons (Fsp3) is 0.200. The Morgan fingerprint density at radius 3 is 2.12 bits per heavy atom. The highest BCUT2D eigenvalue weighted by atomic mass is 35.5. The molecule has 17 heavy (non-hydrogen) atoms. The monoisotopic (exact) mass is 259 g/mol. The first kappa shape index (κ1) is 13.4. The van der Waals surface area contributed by atoms with Crippen LogP contribution >= 0.6 is 11.6 Å². The second-order valence-corrected chi connectivity index (χ2v) is 3.66. The summed E-state index contributed by atoms with van der Waals surface area (Å²) in [5.74, 6) is -2.69. The van der Waals surface area contributed by atoms with Crippen molar-refractivity contribution >= 4 is 29.2 Å². The molecule has 0 aliphatic carbocycles. The van der Waals surface area contributed by atoms with Gasteiger partial charge in [0.25, 0.3) is 5.91 Å². The second kappa shape index (κ2) is 5.62. The Balaban J connectivity index is 2.66. The molecule has 6 nitrogen and oxygen atoms in total. The number of nitrogens with one attached hydrogen (secondary N) is 1. The minimum atomic E-state index is -2.16. The minimum Gasteiger partial charge on any atom is -0.479 e.